The van der Waals surface area contributed by atoms with E-state index < -0.39 is 0 Å². The van der Waals surface area contributed by atoms with Crippen LogP contribution >= 0.6 is 0 Å². The summed E-state index contributed by atoms with van der Waals surface area (Å²) in [7, 11) is 1.67. The summed E-state index contributed by atoms with van der Waals surface area (Å²) in [4.78, 5) is 4.34. The van der Waals surface area contributed by atoms with Gasteiger partial charge in [0.05, 0.1) is 0 Å². The summed E-state index contributed by atoms with van der Waals surface area (Å²) in [6.07, 6.45) is 2.66. The molecule has 0 radical (unpaired) electrons. The lowest BCUT2D eigenvalue weighted by atomic mass is 10.2. The van der Waals surface area contributed by atoms with Crippen LogP contribution in [0.2, 0.25) is 0 Å². The van der Waals surface area contributed by atoms with Crippen LogP contribution in [0.5, 0.6) is 0 Å². The fraction of sp³-hybridized carbons (Fsp3) is 0.778. The van der Waals surface area contributed by atoms with Crippen LogP contribution in [-0.4, -0.2) is 28.8 Å². The molecule has 0 fully saturated rings. The molecule has 0 aliphatic heterocycles. The molecule has 0 bridgehead atoms. The number of H-pyrrole nitrogens is 1. The Balaban J connectivity index is 2.57. The maximum Gasteiger partial charge on any atom is 0.179 e. The highest BCUT2D eigenvalue weighted by Crippen LogP contribution is 2.15. The van der Waals surface area contributed by atoms with Gasteiger partial charge in [-0.2, -0.15) is 5.10 Å². The summed E-state index contributed by atoms with van der Waals surface area (Å²) in [5, 5.41) is 7.00. The highest BCUT2D eigenvalue weighted by molar-refractivity contribution is 4.94. The summed E-state index contributed by atoms with van der Waals surface area (Å²) in [6.45, 7) is 2.72. The minimum atomic E-state index is -0.00197. The molecule has 1 heterocycles. The largest absolute Gasteiger partial charge is 0.373 e. The van der Waals surface area contributed by atoms with Crippen molar-refractivity contribution >= 4 is 0 Å². The lowest BCUT2D eigenvalue weighted by Gasteiger charge is -2.06. The van der Waals surface area contributed by atoms with Crippen molar-refractivity contribution in [1.29, 1.82) is 0 Å². The van der Waals surface area contributed by atoms with Gasteiger partial charge in [-0.25, -0.2) is 4.98 Å². The van der Waals surface area contributed by atoms with Crippen LogP contribution in [0.1, 0.15) is 37.5 Å². The quantitative estimate of drug-likeness (QED) is 0.708. The van der Waals surface area contributed by atoms with Gasteiger partial charge < -0.3 is 10.5 Å². The number of hydrogen-bond donors (Lipinski definition) is 2. The maximum absolute atomic E-state index is 5.41. The first-order valence-electron chi connectivity index (χ1n) is 4.95. The van der Waals surface area contributed by atoms with Gasteiger partial charge in [-0.1, -0.05) is 6.92 Å². The predicted molar refractivity (Wildman–Crippen MR) is 53.8 cm³/mol. The molecule has 5 heteroatoms. The zero-order valence-electron chi connectivity index (χ0n) is 8.79. The molecule has 0 spiro atoms. The SMILES string of the molecule is CCC(OC)c1n[nH]c(CCCN)n1. The fourth-order valence-electron chi connectivity index (χ4n) is 1.29. The summed E-state index contributed by atoms with van der Waals surface area (Å²) < 4.78 is 5.23. The van der Waals surface area contributed by atoms with Crippen molar-refractivity contribution in [3.05, 3.63) is 11.6 Å². The van der Waals surface area contributed by atoms with E-state index >= 15 is 0 Å². The molecule has 0 saturated carbocycles. The number of nitrogens with zero attached hydrogens (tertiary/aromatic N) is 2. The fourth-order valence-corrected chi connectivity index (χ4v) is 1.29. The van der Waals surface area contributed by atoms with Crippen molar-refractivity contribution in [3.8, 4) is 0 Å². The van der Waals surface area contributed by atoms with Gasteiger partial charge in [0.1, 0.15) is 11.9 Å². The second-order valence-electron chi connectivity index (χ2n) is 3.17. The lowest BCUT2D eigenvalue weighted by molar-refractivity contribution is 0.0928. The third kappa shape index (κ3) is 2.78. The van der Waals surface area contributed by atoms with E-state index in [1.165, 1.54) is 0 Å². The molecule has 80 valence electrons. The van der Waals surface area contributed by atoms with E-state index in [9.17, 15) is 0 Å². The van der Waals surface area contributed by atoms with Gasteiger partial charge in [-0.15, -0.1) is 0 Å². The number of nitrogens with one attached hydrogen (secondary N) is 1. The second-order valence-corrected chi connectivity index (χ2v) is 3.17. The number of methoxy groups -OCH3 is 1. The summed E-state index contributed by atoms with van der Waals surface area (Å²) in [5.74, 6) is 1.63. The van der Waals surface area contributed by atoms with E-state index in [1.54, 1.807) is 7.11 Å². The third-order valence-electron chi connectivity index (χ3n) is 2.11. The number of aryl methyl sites for hydroxylation is 1. The molecule has 0 aromatic carbocycles. The Morgan fingerprint density at radius 1 is 1.57 bits per heavy atom. The average Bonchev–Trinajstić information content (AvgIpc) is 2.65. The highest BCUT2D eigenvalue weighted by Gasteiger charge is 2.13. The van der Waals surface area contributed by atoms with E-state index in [0.717, 1.165) is 30.9 Å². The molecule has 0 aliphatic rings. The van der Waals surface area contributed by atoms with E-state index in [4.69, 9.17) is 10.5 Å². The number of hydrogen-bond acceptors (Lipinski definition) is 4. The van der Waals surface area contributed by atoms with E-state index in [2.05, 4.69) is 15.2 Å². The van der Waals surface area contributed by atoms with Crippen molar-refractivity contribution < 1.29 is 4.74 Å². The molecule has 1 aromatic heterocycles. The van der Waals surface area contributed by atoms with Gasteiger partial charge in [-0.3, -0.25) is 5.10 Å². The summed E-state index contributed by atoms with van der Waals surface area (Å²) >= 11 is 0. The van der Waals surface area contributed by atoms with Gasteiger partial charge >= 0.3 is 0 Å². The van der Waals surface area contributed by atoms with Gasteiger partial charge in [0.2, 0.25) is 0 Å². The Morgan fingerprint density at radius 3 is 2.93 bits per heavy atom. The number of ether oxygens (including phenoxy) is 1. The van der Waals surface area contributed by atoms with Crippen LogP contribution in [0.15, 0.2) is 0 Å². The van der Waals surface area contributed by atoms with Gasteiger partial charge in [0.25, 0.3) is 0 Å². The first-order chi connectivity index (χ1) is 6.81. The van der Waals surface area contributed by atoms with Gasteiger partial charge in [0.15, 0.2) is 5.82 Å². The lowest BCUT2D eigenvalue weighted by Crippen LogP contribution is -2.03. The molecular weight excluding hydrogens is 180 g/mol. The Bertz CT molecular complexity index is 257. The normalized spacial score (nSPS) is 13.1. The van der Waals surface area contributed by atoms with Crippen molar-refractivity contribution in [1.82, 2.24) is 15.2 Å². The van der Waals surface area contributed by atoms with Gasteiger partial charge in [-0.05, 0) is 19.4 Å². The minimum Gasteiger partial charge on any atom is -0.373 e. The van der Waals surface area contributed by atoms with Crippen LogP contribution in [-0.2, 0) is 11.2 Å². The van der Waals surface area contributed by atoms with Crippen LogP contribution in [0.3, 0.4) is 0 Å². The molecule has 0 aliphatic carbocycles. The number of aromatic nitrogens is 3. The molecule has 0 saturated heterocycles. The Labute approximate surface area is 84.1 Å². The maximum atomic E-state index is 5.41. The zero-order valence-corrected chi connectivity index (χ0v) is 8.79. The Morgan fingerprint density at radius 2 is 2.36 bits per heavy atom. The molecule has 5 nitrogen and oxygen atoms in total. The zero-order chi connectivity index (χ0) is 10.4. The Kier molecular flexibility index (Phi) is 4.55. The second kappa shape index (κ2) is 5.72. The molecule has 1 aromatic rings. The van der Waals surface area contributed by atoms with Crippen LogP contribution in [0.25, 0.3) is 0 Å². The summed E-state index contributed by atoms with van der Waals surface area (Å²) in [5.41, 5.74) is 5.41. The highest BCUT2D eigenvalue weighted by atomic mass is 16.5. The summed E-state index contributed by atoms with van der Waals surface area (Å²) in [6, 6.07) is 0. The van der Waals surface area contributed by atoms with E-state index in [0.29, 0.717) is 6.54 Å². The van der Waals surface area contributed by atoms with Crippen molar-refractivity contribution in [2.45, 2.75) is 32.3 Å². The third-order valence-corrected chi connectivity index (χ3v) is 2.11. The number of aromatic amines is 1. The van der Waals surface area contributed by atoms with Crippen LogP contribution in [0.4, 0.5) is 0 Å². The average molecular weight is 198 g/mol. The first kappa shape index (κ1) is 11.1. The van der Waals surface area contributed by atoms with Crippen molar-refractivity contribution in [3.63, 3.8) is 0 Å². The minimum absolute atomic E-state index is 0.00197. The molecule has 1 rings (SSSR count). The molecule has 1 atom stereocenters. The first-order valence-corrected chi connectivity index (χ1v) is 4.95. The van der Waals surface area contributed by atoms with Crippen molar-refractivity contribution in [2.75, 3.05) is 13.7 Å². The molecule has 14 heavy (non-hydrogen) atoms. The number of rotatable bonds is 6. The van der Waals surface area contributed by atoms with Crippen LogP contribution < -0.4 is 5.73 Å². The van der Waals surface area contributed by atoms with Crippen molar-refractivity contribution in [2.24, 2.45) is 5.73 Å². The molecule has 3 N–H and O–H groups in total. The number of nitrogens with two attached hydrogens (primary N) is 1. The monoisotopic (exact) mass is 198 g/mol. The molecule has 0 amide bonds. The standard InChI is InChI=1S/C9H18N4O/c1-3-7(14-2)9-11-8(12-13-9)5-4-6-10/h7H,3-6,10H2,1-2H3,(H,11,12,13). The van der Waals surface area contributed by atoms with E-state index in [1.807, 2.05) is 6.92 Å². The van der Waals surface area contributed by atoms with E-state index in [-0.39, 0.29) is 6.10 Å². The predicted octanol–water partition coefficient (Wildman–Crippen LogP) is 0.794. The smallest absolute Gasteiger partial charge is 0.179 e. The molecular formula is C9H18N4O. The molecule has 1 unspecified atom stereocenters. The topological polar surface area (TPSA) is 76.8 Å². The van der Waals surface area contributed by atoms with Gasteiger partial charge in [0, 0.05) is 13.5 Å². The van der Waals surface area contributed by atoms with Crippen LogP contribution in [0, 0.1) is 0 Å². The Hall–Kier alpha value is -0.940.